The SMILES string of the molecule is O=C(Cc1cccc(F)c1)NCCCCBr. The summed E-state index contributed by atoms with van der Waals surface area (Å²) in [5.41, 5.74) is 0.706. The van der Waals surface area contributed by atoms with Gasteiger partial charge in [0, 0.05) is 11.9 Å². The van der Waals surface area contributed by atoms with Crippen LogP contribution in [0.3, 0.4) is 0 Å². The van der Waals surface area contributed by atoms with Crippen molar-refractivity contribution in [2.45, 2.75) is 19.3 Å². The molecule has 2 nitrogen and oxygen atoms in total. The number of hydrogen-bond acceptors (Lipinski definition) is 1. The lowest BCUT2D eigenvalue weighted by molar-refractivity contribution is -0.120. The zero-order valence-corrected chi connectivity index (χ0v) is 10.6. The molecule has 1 rings (SSSR count). The largest absolute Gasteiger partial charge is 0.356 e. The first-order valence-electron chi connectivity index (χ1n) is 5.29. The van der Waals surface area contributed by atoms with E-state index in [0.29, 0.717) is 12.1 Å². The molecule has 16 heavy (non-hydrogen) atoms. The lowest BCUT2D eigenvalue weighted by atomic mass is 10.1. The van der Waals surface area contributed by atoms with Crippen LogP contribution in [0.5, 0.6) is 0 Å². The molecule has 0 saturated heterocycles. The predicted octanol–water partition coefficient (Wildman–Crippen LogP) is 2.66. The third-order valence-electron chi connectivity index (χ3n) is 2.14. The Morgan fingerprint density at radius 3 is 2.88 bits per heavy atom. The Kier molecular flexibility index (Phi) is 6.08. The molecule has 1 aromatic carbocycles. The number of amides is 1. The van der Waals surface area contributed by atoms with Gasteiger partial charge in [0.25, 0.3) is 0 Å². The fraction of sp³-hybridized carbons (Fsp3) is 0.417. The Bertz CT molecular complexity index is 344. The van der Waals surface area contributed by atoms with Gasteiger partial charge in [0.1, 0.15) is 5.82 Å². The van der Waals surface area contributed by atoms with Gasteiger partial charge in [-0.3, -0.25) is 4.79 Å². The van der Waals surface area contributed by atoms with E-state index in [2.05, 4.69) is 21.2 Å². The molecule has 1 amide bonds. The summed E-state index contributed by atoms with van der Waals surface area (Å²) in [6, 6.07) is 6.12. The van der Waals surface area contributed by atoms with Crippen LogP contribution in [0.2, 0.25) is 0 Å². The highest BCUT2D eigenvalue weighted by atomic mass is 79.9. The molecule has 0 radical (unpaired) electrons. The van der Waals surface area contributed by atoms with Gasteiger partial charge in [-0.05, 0) is 30.5 Å². The van der Waals surface area contributed by atoms with E-state index in [1.54, 1.807) is 12.1 Å². The van der Waals surface area contributed by atoms with Crippen LogP contribution in [0.25, 0.3) is 0 Å². The Morgan fingerprint density at radius 1 is 1.38 bits per heavy atom. The minimum absolute atomic E-state index is 0.0554. The van der Waals surface area contributed by atoms with Gasteiger partial charge >= 0.3 is 0 Å². The Hall–Kier alpha value is -0.900. The predicted molar refractivity (Wildman–Crippen MR) is 66.1 cm³/mol. The smallest absolute Gasteiger partial charge is 0.224 e. The summed E-state index contributed by atoms with van der Waals surface area (Å²) in [5.74, 6) is -0.357. The third-order valence-corrected chi connectivity index (χ3v) is 2.70. The van der Waals surface area contributed by atoms with Crippen molar-refractivity contribution in [3.8, 4) is 0 Å². The second kappa shape index (κ2) is 7.39. The molecule has 0 atom stereocenters. The average Bonchev–Trinajstić information content (AvgIpc) is 2.24. The van der Waals surface area contributed by atoms with E-state index in [1.807, 2.05) is 0 Å². The molecule has 0 spiro atoms. The van der Waals surface area contributed by atoms with Crippen LogP contribution in [0.4, 0.5) is 4.39 Å². The van der Waals surface area contributed by atoms with E-state index in [0.717, 1.165) is 18.2 Å². The van der Waals surface area contributed by atoms with Crippen LogP contribution in [-0.4, -0.2) is 17.8 Å². The lowest BCUT2D eigenvalue weighted by Gasteiger charge is -2.04. The van der Waals surface area contributed by atoms with Crippen molar-refractivity contribution in [2.24, 2.45) is 0 Å². The van der Waals surface area contributed by atoms with Crippen molar-refractivity contribution in [1.82, 2.24) is 5.32 Å². The molecule has 0 aliphatic carbocycles. The monoisotopic (exact) mass is 287 g/mol. The Labute approximate surface area is 103 Å². The summed E-state index contributed by atoms with van der Waals surface area (Å²) in [5, 5.41) is 3.75. The van der Waals surface area contributed by atoms with E-state index in [-0.39, 0.29) is 18.1 Å². The molecule has 0 aromatic heterocycles. The molecule has 1 aromatic rings. The highest BCUT2D eigenvalue weighted by molar-refractivity contribution is 9.09. The van der Waals surface area contributed by atoms with E-state index in [1.165, 1.54) is 12.1 Å². The molecule has 0 bridgehead atoms. The number of halogens is 2. The van der Waals surface area contributed by atoms with Crippen LogP contribution in [0.15, 0.2) is 24.3 Å². The van der Waals surface area contributed by atoms with Crippen LogP contribution in [0, 0.1) is 5.82 Å². The van der Waals surface area contributed by atoms with Gasteiger partial charge in [0.15, 0.2) is 0 Å². The van der Waals surface area contributed by atoms with Crippen molar-refractivity contribution in [1.29, 1.82) is 0 Å². The number of benzene rings is 1. The fourth-order valence-electron chi connectivity index (χ4n) is 1.34. The normalized spacial score (nSPS) is 10.1. The first-order valence-corrected chi connectivity index (χ1v) is 6.41. The van der Waals surface area contributed by atoms with Crippen molar-refractivity contribution in [2.75, 3.05) is 11.9 Å². The first-order chi connectivity index (χ1) is 7.72. The number of rotatable bonds is 6. The summed E-state index contributed by atoms with van der Waals surface area (Å²) in [6.45, 7) is 0.680. The molecule has 0 unspecified atom stereocenters. The molecule has 1 N–H and O–H groups in total. The van der Waals surface area contributed by atoms with Crippen molar-refractivity contribution in [3.05, 3.63) is 35.6 Å². The maximum absolute atomic E-state index is 12.8. The maximum atomic E-state index is 12.8. The second-order valence-corrected chi connectivity index (χ2v) is 4.35. The average molecular weight is 288 g/mol. The minimum Gasteiger partial charge on any atom is -0.356 e. The quantitative estimate of drug-likeness (QED) is 0.633. The lowest BCUT2D eigenvalue weighted by Crippen LogP contribution is -2.26. The summed E-state index contributed by atoms with van der Waals surface area (Å²) < 4.78 is 12.8. The molecule has 0 saturated carbocycles. The number of nitrogens with one attached hydrogen (secondary N) is 1. The fourth-order valence-corrected chi connectivity index (χ4v) is 1.74. The number of unbranched alkanes of at least 4 members (excludes halogenated alkanes) is 1. The Morgan fingerprint density at radius 2 is 2.19 bits per heavy atom. The highest BCUT2D eigenvalue weighted by Gasteiger charge is 2.03. The van der Waals surface area contributed by atoms with Crippen molar-refractivity contribution in [3.63, 3.8) is 0 Å². The van der Waals surface area contributed by atoms with Gasteiger partial charge < -0.3 is 5.32 Å². The highest BCUT2D eigenvalue weighted by Crippen LogP contribution is 2.04. The summed E-state index contributed by atoms with van der Waals surface area (Å²) in [7, 11) is 0. The van der Waals surface area contributed by atoms with Gasteiger partial charge in [-0.1, -0.05) is 28.1 Å². The Balaban J connectivity index is 2.29. The van der Waals surface area contributed by atoms with Crippen LogP contribution < -0.4 is 5.32 Å². The zero-order chi connectivity index (χ0) is 11.8. The minimum atomic E-state index is -0.301. The number of hydrogen-bond donors (Lipinski definition) is 1. The molecule has 0 heterocycles. The van der Waals surface area contributed by atoms with Crippen molar-refractivity contribution < 1.29 is 9.18 Å². The number of alkyl halides is 1. The molecule has 0 fully saturated rings. The molecular weight excluding hydrogens is 273 g/mol. The zero-order valence-electron chi connectivity index (χ0n) is 9.01. The molecule has 4 heteroatoms. The van der Waals surface area contributed by atoms with Gasteiger partial charge in [0.05, 0.1) is 6.42 Å². The van der Waals surface area contributed by atoms with Crippen LogP contribution >= 0.6 is 15.9 Å². The number of carbonyl (C=O) groups is 1. The van der Waals surface area contributed by atoms with Crippen molar-refractivity contribution >= 4 is 21.8 Å². The van der Waals surface area contributed by atoms with E-state index in [9.17, 15) is 9.18 Å². The van der Waals surface area contributed by atoms with Gasteiger partial charge in [-0.15, -0.1) is 0 Å². The third kappa shape index (κ3) is 5.26. The summed E-state index contributed by atoms with van der Waals surface area (Å²) in [4.78, 5) is 11.4. The van der Waals surface area contributed by atoms with Crippen LogP contribution in [-0.2, 0) is 11.2 Å². The first kappa shape index (κ1) is 13.2. The molecule has 0 aliphatic rings. The molecule has 88 valence electrons. The standard InChI is InChI=1S/C12H15BrFNO/c13-6-1-2-7-15-12(16)9-10-4-3-5-11(14)8-10/h3-5,8H,1-2,6-7,9H2,(H,15,16). The van der Waals surface area contributed by atoms with Gasteiger partial charge in [-0.2, -0.15) is 0 Å². The van der Waals surface area contributed by atoms with Crippen LogP contribution in [0.1, 0.15) is 18.4 Å². The number of carbonyl (C=O) groups excluding carboxylic acids is 1. The van der Waals surface area contributed by atoms with E-state index < -0.39 is 0 Å². The summed E-state index contributed by atoms with van der Waals surface area (Å²) in [6.07, 6.45) is 2.24. The second-order valence-electron chi connectivity index (χ2n) is 3.55. The molecule has 0 aliphatic heterocycles. The topological polar surface area (TPSA) is 29.1 Å². The molecular formula is C12H15BrFNO. The van der Waals surface area contributed by atoms with Gasteiger partial charge in [-0.25, -0.2) is 4.39 Å². The van der Waals surface area contributed by atoms with E-state index >= 15 is 0 Å². The van der Waals surface area contributed by atoms with Gasteiger partial charge in [0.2, 0.25) is 5.91 Å². The summed E-state index contributed by atoms with van der Waals surface area (Å²) >= 11 is 3.32. The van der Waals surface area contributed by atoms with E-state index in [4.69, 9.17) is 0 Å². The maximum Gasteiger partial charge on any atom is 0.224 e.